The first-order valence-electron chi connectivity index (χ1n) is 19.0. The molecule has 2 aromatic rings. The minimum Gasteiger partial charge on any atom is -0.480 e. The van der Waals surface area contributed by atoms with E-state index in [1.807, 2.05) is 49.4 Å². The van der Waals surface area contributed by atoms with Crippen molar-refractivity contribution in [2.75, 3.05) is 6.61 Å². The van der Waals surface area contributed by atoms with E-state index in [9.17, 15) is 33.9 Å². The number of hydrogen-bond donors (Lipinski definition) is 1. The molecule has 59 heavy (non-hydrogen) atoms. The summed E-state index contributed by atoms with van der Waals surface area (Å²) < 4.78 is 38.4. The number of cyclic esters (lactones) is 1. The van der Waals surface area contributed by atoms with Crippen LogP contribution in [-0.2, 0) is 61.9 Å². The SMILES string of the molecule is C/C=C/C(=C/C=C1C(=O)OC2(CCC3(CC2)OC(=O)C(=CC=C(C=CC2=C(O)OC(C)(CCC(=O)OCC)OC2=O)c2ccccc2)C(=O)O3)OC1=O)c1ccccc1. The molecule has 14 heteroatoms. The summed E-state index contributed by atoms with van der Waals surface area (Å²) in [6.45, 7) is 5.09. The fraction of sp³-hybridized carbons (Fsp3) is 0.289. The van der Waals surface area contributed by atoms with Crippen LogP contribution in [0, 0.1) is 0 Å². The van der Waals surface area contributed by atoms with Crippen LogP contribution >= 0.6 is 0 Å². The Morgan fingerprint density at radius 3 is 1.56 bits per heavy atom. The van der Waals surface area contributed by atoms with Crippen molar-refractivity contribution in [1.29, 1.82) is 0 Å². The molecule has 1 saturated carbocycles. The fourth-order valence-corrected chi connectivity index (χ4v) is 6.67. The molecule has 3 aliphatic heterocycles. The molecule has 1 unspecified atom stereocenters. The third-order valence-corrected chi connectivity index (χ3v) is 9.78. The van der Waals surface area contributed by atoms with Crippen LogP contribution in [0.3, 0.4) is 0 Å². The number of aliphatic hydroxyl groups is 1. The highest BCUT2D eigenvalue weighted by Gasteiger charge is 2.56. The van der Waals surface area contributed by atoms with E-state index in [1.165, 1.54) is 37.3 Å². The van der Waals surface area contributed by atoms with Crippen LogP contribution in [0.5, 0.6) is 0 Å². The van der Waals surface area contributed by atoms with E-state index in [2.05, 4.69) is 0 Å². The Balaban J connectivity index is 1.13. The molecule has 14 nitrogen and oxygen atoms in total. The highest BCUT2D eigenvalue weighted by atomic mass is 16.8. The van der Waals surface area contributed by atoms with Crippen molar-refractivity contribution in [3.63, 3.8) is 0 Å². The Kier molecular flexibility index (Phi) is 12.5. The average Bonchev–Trinajstić information content (AvgIpc) is 3.20. The number of hydrogen-bond acceptors (Lipinski definition) is 14. The van der Waals surface area contributed by atoms with Gasteiger partial charge in [0.05, 0.1) is 13.0 Å². The molecule has 2 aromatic carbocycles. The lowest BCUT2D eigenvalue weighted by atomic mass is 9.87. The van der Waals surface area contributed by atoms with Gasteiger partial charge in [-0.25, -0.2) is 24.0 Å². The van der Waals surface area contributed by atoms with Gasteiger partial charge in [-0.15, -0.1) is 0 Å². The van der Waals surface area contributed by atoms with Crippen LogP contribution in [0.2, 0.25) is 0 Å². The predicted octanol–water partition coefficient (Wildman–Crippen LogP) is 6.71. The first-order chi connectivity index (χ1) is 28.3. The number of carbonyl (C=O) groups is 6. The Bertz CT molecular complexity index is 2190. The zero-order valence-corrected chi connectivity index (χ0v) is 32.6. The summed E-state index contributed by atoms with van der Waals surface area (Å²) in [5, 5.41) is 10.6. The second-order valence-electron chi connectivity index (χ2n) is 14.0. The van der Waals surface area contributed by atoms with Gasteiger partial charge in [0.15, 0.2) is 0 Å². The van der Waals surface area contributed by atoms with Crippen LogP contribution in [0.15, 0.2) is 132 Å². The van der Waals surface area contributed by atoms with E-state index >= 15 is 0 Å². The first kappa shape index (κ1) is 41.7. The summed E-state index contributed by atoms with van der Waals surface area (Å²) >= 11 is 0. The molecule has 0 bridgehead atoms. The van der Waals surface area contributed by atoms with Crippen molar-refractivity contribution in [3.05, 3.63) is 143 Å². The van der Waals surface area contributed by atoms with Gasteiger partial charge in [-0.2, -0.15) is 0 Å². The van der Waals surface area contributed by atoms with Crippen molar-refractivity contribution in [3.8, 4) is 0 Å². The number of esters is 6. The van der Waals surface area contributed by atoms with Crippen LogP contribution < -0.4 is 0 Å². The quantitative estimate of drug-likeness (QED) is 0.0830. The molecule has 2 saturated heterocycles. The smallest absolute Gasteiger partial charge is 0.348 e. The number of ether oxygens (including phenoxy) is 7. The van der Waals surface area contributed by atoms with E-state index in [-0.39, 0.29) is 56.3 Å². The maximum Gasteiger partial charge on any atom is 0.348 e. The van der Waals surface area contributed by atoms with E-state index in [0.29, 0.717) is 11.1 Å². The summed E-state index contributed by atoms with van der Waals surface area (Å²) in [6.07, 6.45) is 11.3. The van der Waals surface area contributed by atoms with Crippen molar-refractivity contribution in [2.24, 2.45) is 0 Å². The Hall–Kier alpha value is -6.96. The van der Waals surface area contributed by atoms with E-state index in [4.69, 9.17) is 33.2 Å². The molecule has 0 radical (unpaired) electrons. The van der Waals surface area contributed by atoms with Gasteiger partial charge in [0.1, 0.15) is 16.7 Å². The fourth-order valence-electron chi connectivity index (χ4n) is 6.67. The lowest BCUT2D eigenvalue weighted by Gasteiger charge is -2.46. The maximum atomic E-state index is 13.3. The standard InChI is InChI=1S/C45H42O14/c1-4-12-29(30-13-8-6-9-14-30)17-20-34-39(49)56-44(57-40(34)50)25-27-45(28-26-44)58-41(51)35(42(52)59-45)22-19-32(31-15-10-7-11-16-31)18-21-33-37(47)54-43(3,55-38(33)48)24-23-36(46)53-5-2/h4,6-22,47H,5,23-28H2,1-3H3/b12-4+,21-18?,29-17-,32-19?,34-20?,35-22?. The van der Waals surface area contributed by atoms with Gasteiger partial charge in [0.2, 0.25) is 0 Å². The monoisotopic (exact) mass is 806 g/mol. The van der Waals surface area contributed by atoms with E-state index < -0.39 is 64.7 Å². The Morgan fingerprint density at radius 2 is 1.14 bits per heavy atom. The van der Waals surface area contributed by atoms with Crippen molar-refractivity contribution >= 4 is 47.0 Å². The molecular formula is C45H42O14. The van der Waals surface area contributed by atoms with Crippen LogP contribution in [0.1, 0.15) is 70.4 Å². The van der Waals surface area contributed by atoms with Gasteiger partial charge in [-0.1, -0.05) is 91.0 Å². The molecule has 4 aliphatic rings. The van der Waals surface area contributed by atoms with E-state index in [0.717, 1.165) is 11.1 Å². The van der Waals surface area contributed by atoms with Crippen molar-refractivity contribution in [2.45, 2.75) is 76.7 Å². The third-order valence-electron chi connectivity index (χ3n) is 9.78. The second-order valence-corrected chi connectivity index (χ2v) is 14.0. The summed E-state index contributed by atoms with van der Waals surface area (Å²) in [5.74, 6) is -10.8. The molecule has 3 fully saturated rings. The zero-order valence-electron chi connectivity index (χ0n) is 32.6. The molecule has 2 spiro atoms. The van der Waals surface area contributed by atoms with Gasteiger partial charge in [-0.05, 0) is 54.3 Å². The topological polar surface area (TPSA) is 187 Å². The summed E-state index contributed by atoms with van der Waals surface area (Å²) in [7, 11) is 0. The lowest BCUT2D eigenvalue weighted by molar-refractivity contribution is -0.291. The predicted molar refractivity (Wildman–Crippen MR) is 208 cm³/mol. The molecule has 1 aliphatic carbocycles. The summed E-state index contributed by atoms with van der Waals surface area (Å²) in [4.78, 5) is 77.6. The number of carbonyl (C=O) groups excluding carboxylic acids is 6. The van der Waals surface area contributed by atoms with E-state index in [1.54, 1.807) is 43.3 Å². The van der Waals surface area contributed by atoms with Gasteiger partial charge < -0.3 is 38.3 Å². The highest BCUT2D eigenvalue weighted by Crippen LogP contribution is 2.45. The van der Waals surface area contributed by atoms with Gasteiger partial charge in [0.25, 0.3) is 23.3 Å². The zero-order chi connectivity index (χ0) is 42.2. The molecule has 6 rings (SSSR count). The molecule has 3 heterocycles. The Morgan fingerprint density at radius 1 is 0.678 bits per heavy atom. The average molecular weight is 807 g/mol. The lowest BCUT2D eigenvalue weighted by Crippen LogP contribution is -2.56. The second kappa shape index (κ2) is 17.7. The van der Waals surface area contributed by atoms with Crippen LogP contribution in [0.4, 0.5) is 0 Å². The van der Waals surface area contributed by atoms with Crippen LogP contribution in [-0.4, -0.2) is 64.9 Å². The van der Waals surface area contributed by atoms with Crippen molar-refractivity contribution in [1.82, 2.24) is 0 Å². The largest absolute Gasteiger partial charge is 0.480 e. The third kappa shape index (κ3) is 9.78. The molecule has 1 atom stereocenters. The van der Waals surface area contributed by atoms with Gasteiger partial charge in [-0.3, -0.25) is 4.79 Å². The number of benzene rings is 2. The Labute approximate surface area is 339 Å². The first-order valence-corrected chi connectivity index (χ1v) is 19.0. The van der Waals surface area contributed by atoms with Crippen LogP contribution in [0.25, 0.3) is 11.1 Å². The molecule has 0 amide bonds. The normalized spacial score (nSPS) is 25.0. The maximum absolute atomic E-state index is 13.3. The van der Waals surface area contributed by atoms with Crippen molar-refractivity contribution < 1.29 is 67.0 Å². The molecular weight excluding hydrogens is 764 g/mol. The highest BCUT2D eigenvalue weighted by molar-refractivity contribution is 6.16. The molecule has 306 valence electrons. The number of rotatable bonds is 11. The number of aliphatic hydroxyl groups excluding tert-OH is 1. The molecule has 0 aromatic heterocycles. The number of allylic oxidation sites excluding steroid dienone is 9. The minimum absolute atomic E-state index is 0.0683. The molecule has 1 N–H and O–H groups in total. The summed E-state index contributed by atoms with van der Waals surface area (Å²) in [6, 6.07) is 18.2. The minimum atomic E-state index is -1.69. The summed E-state index contributed by atoms with van der Waals surface area (Å²) in [5.41, 5.74) is 1.60. The van der Waals surface area contributed by atoms with Gasteiger partial charge >= 0.3 is 35.8 Å². The van der Waals surface area contributed by atoms with Gasteiger partial charge in [0, 0.05) is 39.0 Å².